The van der Waals surface area contributed by atoms with Crippen molar-refractivity contribution >= 4 is 51.0 Å². The van der Waals surface area contributed by atoms with Crippen LogP contribution in [0.5, 0.6) is 0 Å². The number of imide groups is 1. The second-order valence-corrected chi connectivity index (χ2v) is 7.85. The van der Waals surface area contributed by atoms with Crippen molar-refractivity contribution in [3.05, 3.63) is 93.0 Å². The third-order valence-corrected chi connectivity index (χ3v) is 5.59. The van der Waals surface area contributed by atoms with Gasteiger partial charge in [0.2, 0.25) is 0 Å². The molecule has 0 atom stereocenters. The molecule has 1 aliphatic rings. The molecule has 1 aliphatic heterocycles. The molecule has 1 heterocycles. The van der Waals surface area contributed by atoms with E-state index in [2.05, 4.69) is 21.2 Å². The SMILES string of the molecule is Cc1ccc(NC(=O)c2cc(N3C(=O)c4ccc(C(=O)O)cc4C3=O)ccc2Br)cc1. The number of amides is 3. The maximum absolute atomic E-state index is 12.9. The molecular formula is C23H15BrN2O5. The van der Waals surface area contributed by atoms with Gasteiger partial charge in [-0.15, -0.1) is 0 Å². The molecule has 2 N–H and O–H groups in total. The van der Waals surface area contributed by atoms with E-state index in [1.165, 1.54) is 30.3 Å². The van der Waals surface area contributed by atoms with Gasteiger partial charge in [-0.1, -0.05) is 17.7 Å². The van der Waals surface area contributed by atoms with Crippen molar-refractivity contribution in [2.75, 3.05) is 10.2 Å². The smallest absolute Gasteiger partial charge is 0.335 e. The number of carboxylic acid groups (broad SMARTS) is 1. The van der Waals surface area contributed by atoms with E-state index in [9.17, 15) is 19.2 Å². The van der Waals surface area contributed by atoms with Gasteiger partial charge >= 0.3 is 5.97 Å². The van der Waals surface area contributed by atoms with Crippen molar-refractivity contribution in [2.45, 2.75) is 6.92 Å². The molecular weight excluding hydrogens is 464 g/mol. The third kappa shape index (κ3) is 3.73. The van der Waals surface area contributed by atoms with E-state index < -0.39 is 23.7 Å². The standard InChI is InChI=1S/C23H15BrN2O5/c1-12-2-5-14(6-3-12)25-20(27)18-11-15(7-9-19(18)24)26-21(28)16-8-4-13(23(30)31)10-17(16)22(26)29/h2-11H,1H3,(H,25,27)(H,30,31). The average Bonchev–Trinajstić information content (AvgIpc) is 3.00. The molecule has 3 aromatic rings. The second kappa shape index (κ2) is 7.81. The summed E-state index contributed by atoms with van der Waals surface area (Å²) < 4.78 is 0.491. The van der Waals surface area contributed by atoms with Crippen LogP contribution in [0.25, 0.3) is 0 Å². The van der Waals surface area contributed by atoms with Gasteiger partial charge in [-0.05, 0) is 71.4 Å². The van der Waals surface area contributed by atoms with Crippen molar-refractivity contribution in [1.29, 1.82) is 0 Å². The predicted octanol–water partition coefficient (Wildman–Crippen LogP) is 4.51. The topological polar surface area (TPSA) is 104 Å². The number of fused-ring (bicyclic) bond motifs is 1. The quantitative estimate of drug-likeness (QED) is 0.536. The summed E-state index contributed by atoms with van der Waals surface area (Å²) in [5.41, 5.74) is 2.15. The van der Waals surface area contributed by atoms with E-state index in [-0.39, 0.29) is 27.9 Å². The minimum absolute atomic E-state index is 0.0125. The van der Waals surface area contributed by atoms with Crippen LogP contribution in [0.15, 0.2) is 65.1 Å². The van der Waals surface area contributed by atoms with Gasteiger partial charge < -0.3 is 10.4 Å². The summed E-state index contributed by atoms with van der Waals surface area (Å²) in [6.07, 6.45) is 0. The lowest BCUT2D eigenvalue weighted by atomic mass is 10.1. The van der Waals surface area contributed by atoms with Crippen molar-refractivity contribution in [1.82, 2.24) is 0 Å². The highest BCUT2D eigenvalue weighted by Gasteiger charge is 2.37. The van der Waals surface area contributed by atoms with Crippen LogP contribution >= 0.6 is 15.9 Å². The molecule has 0 aromatic heterocycles. The summed E-state index contributed by atoms with van der Waals surface area (Å²) in [7, 11) is 0. The molecule has 0 radical (unpaired) electrons. The number of aromatic carboxylic acids is 1. The Morgan fingerprint density at radius 2 is 1.58 bits per heavy atom. The number of carbonyl (C=O) groups excluding carboxylic acids is 3. The summed E-state index contributed by atoms with van der Waals surface area (Å²) >= 11 is 3.33. The Bertz CT molecular complexity index is 1270. The number of hydrogen-bond acceptors (Lipinski definition) is 4. The van der Waals surface area contributed by atoms with E-state index in [1.807, 2.05) is 19.1 Å². The Morgan fingerprint density at radius 3 is 2.26 bits per heavy atom. The van der Waals surface area contributed by atoms with E-state index in [1.54, 1.807) is 18.2 Å². The molecule has 154 valence electrons. The molecule has 8 heteroatoms. The van der Waals surface area contributed by atoms with Crippen LogP contribution in [0.4, 0.5) is 11.4 Å². The molecule has 3 amide bonds. The van der Waals surface area contributed by atoms with Crippen LogP contribution < -0.4 is 10.2 Å². The number of halogens is 1. The molecule has 0 saturated carbocycles. The van der Waals surface area contributed by atoms with Gasteiger partial charge in [-0.3, -0.25) is 14.4 Å². The molecule has 7 nitrogen and oxygen atoms in total. The van der Waals surface area contributed by atoms with E-state index in [4.69, 9.17) is 5.11 Å². The van der Waals surface area contributed by atoms with Crippen LogP contribution in [0.1, 0.15) is 47.0 Å². The van der Waals surface area contributed by atoms with Crippen LogP contribution in [0.3, 0.4) is 0 Å². The number of nitrogens with zero attached hydrogens (tertiary/aromatic N) is 1. The van der Waals surface area contributed by atoms with Crippen LogP contribution in [-0.2, 0) is 0 Å². The summed E-state index contributed by atoms with van der Waals surface area (Å²) in [6, 6.07) is 15.6. The number of hydrogen-bond donors (Lipinski definition) is 2. The van der Waals surface area contributed by atoms with Crippen molar-refractivity contribution in [3.8, 4) is 0 Å². The van der Waals surface area contributed by atoms with Gasteiger partial charge in [0.1, 0.15) is 0 Å². The first kappa shape index (κ1) is 20.5. The van der Waals surface area contributed by atoms with E-state index in [0.29, 0.717) is 10.2 Å². The Kier molecular flexibility index (Phi) is 5.16. The van der Waals surface area contributed by atoms with E-state index >= 15 is 0 Å². The number of nitrogens with one attached hydrogen (secondary N) is 1. The molecule has 0 fully saturated rings. The summed E-state index contributed by atoms with van der Waals surface area (Å²) in [6.45, 7) is 1.94. The zero-order valence-electron chi connectivity index (χ0n) is 16.2. The van der Waals surface area contributed by atoms with Crippen molar-refractivity contribution in [2.24, 2.45) is 0 Å². The van der Waals surface area contributed by atoms with Gasteiger partial charge in [0.15, 0.2) is 0 Å². The molecule has 0 bridgehead atoms. The monoisotopic (exact) mass is 478 g/mol. The lowest BCUT2D eigenvalue weighted by Gasteiger charge is -2.16. The number of rotatable bonds is 4. The highest BCUT2D eigenvalue weighted by atomic mass is 79.9. The lowest BCUT2D eigenvalue weighted by molar-refractivity contribution is 0.0696. The second-order valence-electron chi connectivity index (χ2n) is 7.00. The zero-order chi connectivity index (χ0) is 22.3. The van der Waals surface area contributed by atoms with Gasteiger partial charge in [0, 0.05) is 10.2 Å². The number of benzene rings is 3. The molecule has 0 saturated heterocycles. The molecule has 4 rings (SSSR count). The summed E-state index contributed by atoms with van der Waals surface area (Å²) in [5.74, 6) is -2.83. The maximum Gasteiger partial charge on any atom is 0.335 e. The molecule has 3 aromatic carbocycles. The normalized spacial score (nSPS) is 12.6. The highest BCUT2D eigenvalue weighted by Crippen LogP contribution is 2.32. The Morgan fingerprint density at radius 1 is 0.903 bits per heavy atom. The van der Waals surface area contributed by atoms with Gasteiger partial charge in [-0.25, -0.2) is 9.69 Å². The average molecular weight is 479 g/mol. The first-order valence-corrected chi connectivity index (χ1v) is 9.99. The summed E-state index contributed by atoms with van der Waals surface area (Å²) in [5, 5.41) is 11.9. The highest BCUT2D eigenvalue weighted by molar-refractivity contribution is 9.10. The van der Waals surface area contributed by atoms with Crippen LogP contribution in [0.2, 0.25) is 0 Å². The fourth-order valence-corrected chi connectivity index (χ4v) is 3.70. The first-order chi connectivity index (χ1) is 14.8. The Labute approximate surface area is 185 Å². The predicted molar refractivity (Wildman–Crippen MR) is 118 cm³/mol. The van der Waals surface area contributed by atoms with Crippen LogP contribution in [-0.4, -0.2) is 28.8 Å². The fraction of sp³-hybridized carbons (Fsp3) is 0.0435. The number of anilines is 2. The number of carboxylic acids is 1. The Balaban J connectivity index is 1.67. The van der Waals surface area contributed by atoms with Gasteiger partial charge in [-0.2, -0.15) is 0 Å². The largest absolute Gasteiger partial charge is 0.478 e. The fourth-order valence-electron chi connectivity index (χ4n) is 3.27. The molecule has 0 unspecified atom stereocenters. The Hall–Kier alpha value is -3.78. The minimum Gasteiger partial charge on any atom is -0.478 e. The molecule has 31 heavy (non-hydrogen) atoms. The molecule has 0 aliphatic carbocycles. The van der Waals surface area contributed by atoms with Gasteiger partial charge in [0.25, 0.3) is 17.7 Å². The minimum atomic E-state index is -1.19. The lowest BCUT2D eigenvalue weighted by Crippen LogP contribution is -2.29. The third-order valence-electron chi connectivity index (χ3n) is 4.90. The number of carbonyl (C=O) groups is 4. The zero-order valence-corrected chi connectivity index (χ0v) is 17.8. The van der Waals surface area contributed by atoms with Crippen LogP contribution in [0, 0.1) is 6.92 Å². The number of aryl methyl sites for hydroxylation is 1. The first-order valence-electron chi connectivity index (χ1n) is 9.20. The molecule has 0 spiro atoms. The van der Waals surface area contributed by atoms with Crippen molar-refractivity contribution in [3.63, 3.8) is 0 Å². The van der Waals surface area contributed by atoms with Gasteiger partial charge in [0.05, 0.1) is 27.9 Å². The summed E-state index contributed by atoms with van der Waals surface area (Å²) in [4.78, 5) is 50.6. The van der Waals surface area contributed by atoms with E-state index in [0.717, 1.165) is 10.5 Å². The maximum atomic E-state index is 12.9. The van der Waals surface area contributed by atoms with Crippen molar-refractivity contribution < 1.29 is 24.3 Å².